The first-order valence-electron chi connectivity index (χ1n) is 8.40. The Morgan fingerprint density at radius 2 is 2.08 bits per heavy atom. The van der Waals surface area contributed by atoms with E-state index in [4.69, 9.17) is 4.74 Å². The van der Waals surface area contributed by atoms with Crippen LogP contribution in [0, 0.1) is 0 Å². The molecule has 2 aliphatic heterocycles. The summed E-state index contributed by atoms with van der Waals surface area (Å²) in [7, 11) is -3.68. The van der Waals surface area contributed by atoms with E-state index in [1.165, 1.54) is 12.1 Å². The third-order valence-electron chi connectivity index (χ3n) is 4.17. The van der Waals surface area contributed by atoms with Crippen molar-refractivity contribution in [3.63, 3.8) is 0 Å². The number of hydrogen-bond donors (Lipinski definition) is 3. The third kappa shape index (κ3) is 5.00. The average Bonchev–Trinajstić information content (AvgIpc) is 3.08. The van der Waals surface area contributed by atoms with Crippen LogP contribution in [0.1, 0.15) is 12.8 Å². The van der Waals surface area contributed by atoms with E-state index < -0.39 is 10.0 Å². The minimum atomic E-state index is -3.68. The van der Waals surface area contributed by atoms with Crippen molar-refractivity contribution in [1.29, 1.82) is 0 Å². The summed E-state index contributed by atoms with van der Waals surface area (Å²) in [6, 6.07) is 6.26. The minimum Gasteiger partial charge on any atom is -0.370 e. The van der Waals surface area contributed by atoms with Gasteiger partial charge < -0.3 is 15.0 Å². The normalized spacial score (nSPS) is 18.6. The molecule has 0 saturated carbocycles. The molecule has 1 fully saturated rings. The number of rotatable bonds is 5. The highest BCUT2D eigenvalue weighted by atomic mass is 32.2. The number of benzene rings is 1. The molecule has 25 heavy (non-hydrogen) atoms. The molecular formula is C16H23N4O4S+. The molecule has 9 heteroatoms. The molecule has 2 heterocycles. The molecule has 3 rings (SSSR count). The number of amides is 1. The monoisotopic (exact) mass is 367 g/mol. The van der Waals surface area contributed by atoms with Crippen molar-refractivity contribution in [2.24, 2.45) is 4.99 Å². The summed E-state index contributed by atoms with van der Waals surface area (Å²) in [5.41, 5.74) is 0.467. The van der Waals surface area contributed by atoms with Crippen molar-refractivity contribution in [1.82, 2.24) is 4.72 Å². The summed E-state index contributed by atoms with van der Waals surface area (Å²) >= 11 is 0. The lowest BCUT2D eigenvalue weighted by Crippen LogP contribution is -3.15. The summed E-state index contributed by atoms with van der Waals surface area (Å²) in [6.07, 6.45) is 1.50. The summed E-state index contributed by atoms with van der Waals surface area (Å²) in [4.78, 5) is 17.6. The second-order valence-corrected chi connectivity index (χ2v) is 7.84. The van der Waals surface area contributed by atoms with Gasteiger partial charge in [0.1, 0.15) is 18.9 Å². The lowest BCUT2D eigenvalue weighted by atomic mass is 10.3. The average molecular weight is 367 g/mol. The first-order valence-corrected chi connectivity index (χ1v) is 9.89. The summed E-state index contributed by atoms with van der Waals surface area (Å²) in [6.45, 7) is 3.91. The first-order chi connectivity index (χ1) is 12.0. The van der Waals surface area contributed by atoms with Gasteiger partial charge in [0.2, 0.25) is 0 Å². The number of ether oxygens (including phenoxy) is 1. The topological polar surface area (TPSA) is 101 Å². The van der Waals surface area contributed by atoms with E-state index in [9.17, 15) is 13.2 Å². The highest BCUT2D eigenvalue weighted by Gasteiger charge is 2.20. The van der Waals surface area contributed by atoms with Crippen molar-refractivity contribution < 1.29 is 22.8 Å². The molecule has 3 N–H and O–H groups in total. The molecule has 136 valence electrons. The molecule has 2 aliphatic rings. The molecule has 1 aromatic carbocycles. The molecule has 0 aromatic heterocycles. The fourth-order valence-electron chi connectivity index (χ4n) is 2.85. The van der Waals surface area contributed by atoms with E-state index >= 15 is 0 Å². The Bertz CT molecular complexity index is 757. The van der Waals surface area contributed by atoms with Gasteiger partial charge in [-0.3, -0.25) is 14.5 Å². The Labute approximate surface area is 147 Å². The standard InChI is InChI=1S/C16H22N4O4S/c21-16(12-20-7-9-24-10-8-20)18-13-3-1-4-14(11-13)25(22,23)19-15-5-2-6-17-15/h1,3-4,11H,2,5-10,12H2,(H,17,19)(H,18,21)/p+1. The van der Waals surface area contributed by atoms with Gasteiger partial charge in [-0.15, -0.1) is 0 Å². The molecule has 8 nitrogen and oxygen atoms in total. The Hall–Kier alpha value is -1.97. The lowest BCUT2D eigenvalue weighted by molar-refractivity contribution is -0.899. The van der Waals surface area contributed by atoms with Crippen LogP contribution in [-0.4, -0.2) is 59.6 Å². The van der Waals surface area contributed by atoms with Crippen LogP contribution in [0.2, 0.25) is 0 Å². The molecule has 0 atom stereocenters. The second kappa shape index (κ2) is 7.94. The number of sulfonamides is 1. The van der Waals surface area contributed by atoms with Crippen LogP contribution in [0.25, 0.3) is 0 Å². The van der Waals surface area contributed by atoms with Crippen molar-refractivity contribution in [2.45, 2.75) is 17.7 Å². The van der Waals surface area contributed by atoms with Crippen LogP contribution < -0.4 is 14.9 Å². The fourth-order valence-corrected chi connectivity index (χ4v) is 3.98. The van der Waals surface area contributed by atoms with Gasteiger partial charge in [0.25, 0.3) is 15.9 Å². The number of quaternary nitrogens is 1. The zero-order chi connectivity index (χ0) is 17.7. The number of carbonyl (C=O) groups is 1. The van der Waals surface area contributed by atoms with Crippen molar-refractivity contribution in [3.05, 3.63) is 24.3 Å². The summed E-state index contributed by atoms with van der Waals surface area (Å²) in [5, 5.41) is 2.77. The predicted molar refractivity (Wildman–Crippen MR) is 93.3 cm³/mol. The highest BCUT2D eigenvalue weighted by Crippen LogP contribution is 2.16. The quantitative estimate of drug-likeness (QED) is 0.622. The van der Waals surface area contributed by atoms with E-state index in [0.29, 0.717) is 44.2 Å². The third-order valence-corrected chi connectivity index (χ3v) is 5.54. The van der Waals surface area contributed by atoms with E-state index in [-0.39, 0.29) is 10.8 Å². The molecule has 1 amide bonds. The van der Waals surface area contributed by atoms with E-state index in [1.54, 1.807) is 12.1 Å². The van der Waals surface area contributed by atoms with Crippen LogP contribution in [0.15, 0.2) is 34.2 Å². The second-order valence-electron chi connectivity index (χ2n) is 6.15. The smallest absolute Gasteiger partial charge is 0.279 e. The zero-order valence-electron chi connectivity index (χ0n) is 14.0. The largest absolute Gasteiger partial charge is 0.370 e. The number of anilines is 1. The number of aliphatic imine (C=N–C) groups is 1. The molecule has 0 aliphatic carbocycles. The van der Waals surface area contributed by atoms with Gasteiger partial charge in [-0.05, 0) is 24.6 Å². The maximum atomic E-state index is 12.4. The number of hydrogen-bond acceptors (Lipinski definition) is 5. The molecule has 1 saturated heterocycles. The van der Waals surface area contributed by atoms with Crippen LogP contribution in [0.5, 0.6) is 0 Å². The number of morpholine rings is 1. The van der Waals surface area contributed by atoms with Crippen LogP contribution in [0.3, 0.4) is 0 Å². The number of nitrogens with one attached hydrogen (secondary N) is 3. The molecule has 0 radical (unpaired) electrons. The van der Waals surface area contributed by atoms with Crippen molar-refractivity contribution in [3.8, 4) is 0 Å². The van der Waals surface area contributed by atoms with Crippen molar-refractivity contribution in [2.75, 3.05) is 44.7 Å². The molecule has 0 spiro atoms. The van der Waals surface area contributed by atoms with Gasteiger partial charge >= 0.3 is 0 Å². The Kier molecular flexibility index (Phi) is 5.67. The Balaban J connectivity index is 1.63. The Morgan fingerprint density at radius 3 is 2.80 bits per heavy atom. The van der Waals surface area contributed by atoms with Gasteiger partial charge in [-0.1, -0.05) is 6.07 Å². The SMILES string of the molecule is O=C(C[NH+]1CCOCC1)Nc1cccc(S(=O)(=O)NC2=NCCC2)c1. The molecular weight excluding hydrogens is 344 g/mol. The van der Waals surface area contributed by atoms with Gasteiger partial charge in [0.05, 0.1) is 18.1 Å². The fraction of sp³-hybridized carbons (Fsp3) is 0.500. The van der Waals surface area contributed by atoms with Gasteiger partial charge in [-0.2, -0.15) is 0 Å². The van der Waals surface area contributed by atoms with Crippen LogP contribution in [-0.2, 0) is 19.6 Å². The Morgan fingerprint density at radius 1 is 1.28 bits per heavy atom. The summed E-state index contributed by atoms with van der Waals surface area (Å²) < 4.78 is 32.6. The van der Waals surface area contributed by atoms with Gasteiger partial charge in [0, 0.05) is 18.7 Å². The number of carbonyl (C=O) groups excluding carboxylic acids is 1. The molecule has 0 bridgehead atoms. The van der Waals surface area contributed by atoms with Gasteiger partial charge in [0.15, 0.2) is 6.54 Å². The van der Waals surface area contributed by atoms with Crippen LogP contribution in [0.4, 0.5) is 5.69 Å². The maximum absolute atomic E-state index is 12.4. The molecule has 0 unspecified atom stereocenters. The number of nitrogens with zero attached hydrogens (tertiary/aromatic N) is 1. The van der Waals surface area contributed by atoms with E-state index in [2.05, 4.69) is 15.0 Å². The lowest BCUT2D eigenvalue weighted by Gasteiger charge is -2.23. The number of amidine groups is 1. The highest BCUT2D eigenvalue weighted by molar-refractivity contribution is 7.90. The maximum Gasteiger partial charge on any atom is 0.279 e. The van der Waals surface area contributed by atoms with Crippen LogP contribution >= 0.6 is 0 Å². The predicted octanol–water partition coefficient (Wildman–Crippen LogP) is -0.989. The van der Waals surface area contributed by atoms with Gasteiger partial charge in [-0.25, -0.2) is 8.42 Å². The first kappa shape index (κ1) is 17.8. The van der Waals surface area contributed by atoms with Crippen molar-refractivity contribution >= 4 is 27.5 Å². The summed E-state index contributed by atoms with van der Waals surface area (Å²) in [5.74, 6) is 0.352. The minimum absolute atomic E-state index is 0.110. The van der Waals surface area contributed by atoms with E-state index in [1.807, 2.05) is 0 Å². The molecule has 1 aromatic rings. The van der Waals surface area contributed by atoms with E-state index in [0.717, 1.165) is 24.4 Å². The zero-order valence-corrected chi connectivity index (χ0v) is 14.8.